The van der Waals surface area contributed by atoms with E-state index >= 15 is 0 Å². The number of allylic oxidation sites excluding steroid dienone is 8. The Morgan fingerprint density at radius 2 is 1.24 bits per heavy atom. The van der Waals surface area contributed by atoms with Crippen LogP contribution in [0.4, 0.5) is 0 Å². The Kier molecular flexibility index (Phi) is 12.3. The van der Waals surface area contributed by atoms with Crippen LogP contribution >= 0.6 is 0 Å². The molecule has 8 heteroatoms. The molecule has 2 atom stereocenters. The third-order valence-corrected chi connectivity index (χ3v) is 7.76. The molecule has 0 aliphatic heterocycles. The van der Waals surface area contributed by atoms with Gasteiger partial charge in [-0.15, -0.1) is 0 Å². The molecular weight excluding hydrogens is 536 g/mol. The molecule has 0 bridgehead atoms. The van der Waals surface area contributed by atoms with E-state index in [1.807, 2.05) is 13.8 Å². The van der Waals surface area contributed by atoms with E-state index in [1.165, 1.54) is 24.3 Å². The largest absolute Gasteiger partial charge is 0.481 e. The molecule has 0 aromatic heterocycles. The van der Waals surface area contributed by atoms with Gasteiger partial charge in [0.1, 0.15) is 0 Å². The molecule has 0 saturated carbocycles. The van der Waals surface area contributed by atoms with Crippen LogP contribution < -0.4 is 0 Å². The van der Waals surface area contributed by atoms with Crippen LogP contribution in [0.2, 0.25) is 0 Å². The zero-order valence-electron chi connectivity index (χ0n) is 25.0. The maximum Gasteiger partial charge on any atom is 0.309 e. The molecule has 0 heterocycles. The van der Waals surface area contributed by atoms with Crippen LogP contribution in [0.5, 0.6) is 0 Å². The summed E-state index contributed by atoms with van der Waals surface area (Å²) in [6, 6.07) is 6.60. The van der Waals surface area contributed by atoms with Gasteiger partial charge in [-0.3, -0.25) is 28.8 Å². The van der Waals surface area contributed by atoms with Crippen LogP contribution in [-0.2, 0) is 28.8 Å². The number of Topliss-reactive ketones (excluding diaryl/α,β-unsaturated/α-hetero) is 2. The minimum Gasteiger partial charge on any atom is -0.481 e. The van der Waals surface area contributed by atoms with Gasteiger partial charge < -0.3 is 10.2 Å². The number of aliphatic carboxylic acids is 2. The Morgan fingerprint density at radius 1 is 0.786 bits per heavy atom. The second-order valence-electron chi connectivity index (χ2n) is 10.7. The average molecular weight is 577 g/mol. The third kappa shape index (κ3) is 8.18. The SMILES string of the molecule is CC.CCC(C)(CCCC1=CC(=O)C=C(c2ccccc2C2=CC(=O)C=C(CCCC(C)C(=O)O)C2=O)C1=O)C(=O)O. The summed E-state index contributed by atoms with van der Waals surface area (Å²) in [4.78, 5) is 74.8. The third-order valence-electron chi connectivity index (χ3n) is 7.76. The van der Waals surface area contributed by atoms with Crippen LogP contribution in [0.25, 0.3) is 11.1 Å². The zero-order valence-corrected chi connectivity index (χ0v) is 25.0. The van der Waals surface area contributed by atoms with Crippen LogP contribution in [0, 0.1) is 11.3 Å². The first kappa shape index (κ1) is 34.0. The second-order valence-corrected chi connectivity index (χ2v) is 10.7. The van der Waals surface area contributed by atoms with Gasteiger partial charge >= 0.3 is 11.9 Å². The van der Waals surface area contributed by atoms with Crippen molar-refractivity contribution in [2.45, 2.75) is 79.6 Å². The number of hydrogen-bond acceptors (Lipinski definition) is 6. The highest BCUT2D eigenvalue weighted by Crippen LogP contribution is 2.35. The molecular formula is C34H40O8. The summed E-state index contributed by atoms with van der Waals surface area (Å²) in [5, 5.41) is 18.6. The normalized spacial score (nSPS) is 17.2. The summed E-state index contributed by atoms with van der Waals surface area (Å²) in [5.74, 6) is -3.94. The van der Waals surface area contributed by atoms with E-state index in [9.17, 15) is 33.9 Å². The summed E-state index contributed by atoms with van der Waals surface area (Å²) < 4.78 is 0. The molecule has 8 nitrogen and oxygen atoms in total. The number of hydrogen-bond donors (Lipinski definition) is 2. The maximum atomic E-state index is 13.5. The molecule has 2 aliphatic carbocycles. The Balaban J connectivity index is 0.00000301. The number of rotatable bonds is 13. The van der Waals surface area contributed by atoms with Gasteiger partial charge in [0, 0.05) is 22.3 Å². The van der Waals surface area contributed by atoms with Gasteiger partial charge in [-0.1, -0.05) is 52.0 Å². The minimum absolute atomic E-state index is 0.113. The van der Waals surface area contributed by atoms with E-state index < -0.39 is 23.3 Å². The van der Waals surface area contributed by atoms with Crippen molar-refractivity contribution < 1.29 is 39.0 Å². The number of carboxylic acids is 2. The van der Waals surface area contributed by atoms with Crippen molar-refractivity contribution in [1.29, 1.82) is 0 Å². The van der Waals surface area contributed by atoms with E-state index in [4.69, 9.17) is 5.11 Å². The molecule has 0 radical (unpaired) electrons. The molecule has 1 aromatic carbocycles. The summed E-state index contributed by atoms with van der Waals surface area (Å²) in [7, 11) is 0. The van der Waals surface area contributed by atoms with Gasteiger partial charge in [-0.2, -0.15) is 0 Å². The lowest BCUT2D eigenvalue weighted by atomic mass is 9.79. The molecule has 2 aliphatic rings. The standard InChI is InChI=1S/C32H34O8.C2H6/c1-4-32(3,31(39)40)14-8-11-21-16-23(34)18-27(29(21)36)25-13-6-5-12-24(25)26-17-22(33)15-20(28(26)35)10-7-9-19(2)30(37)38;1-2/h5-6,12-13,15-19H,4,7-11,14H2,1-3H3,(H,37,38)(H,39,40);1-2H3. The maximum absolute atomic E-state index is 13.5. The quantitative estimate of drug-likeness (QED) is 0.264. The predicted octanol–water partition coefficient (Wildman–Crippen LogP) is 6.20. The molecule has 3 rings (SSSR count). The van der Waals surface area contributed by atoms with E-state index in [0.29, 0.717) is 43.2 Å². The topological polar surface area (TPSA) is 143 Å². The molecule has 224 valence electrons. The van der Waals surface area contributed by atoms with Gasteiger partial charge in [0.15, 0.2) is 23.1 Å². The summed E-state index contributed by atoms with van der Waals surface area (Å²) in [6.07, 6.45) is 7.39. The Bertz CT molecular complexity index is 1390. The van der Waals surface area contributed by atoms with Gasteiger partial charge in [0.05, 0.1) is 11.3 Å². The van der Waals surface area contributed by atoms with Crippen molar-refractivity contribution in [3.05, 3.63) is 70.8 Å². The fourth-order valence-corrected chi connectivity index (χ4v) is 4.87. The molecule has 0 spiro atoms. The van der Waals surface area contributed by atoms with Crippen molar-refractivity contribution in [2.75, 3.05) is 0 Å². The number of benzene rings is 1. The highest BCUT2D eigenvalue weighted by Gasteiger charge is 2.32. The van der Waals surface area contributed by atoms with Crippen LogP contribution in [0.3, 0.4) is 0 Å². The first-order valence-electron chi connectivity index (χ1n) is 14.5. The molecule has 0 saturated heterocycles. The Hall–Kier alpha value is -4.20. The summed E-state index contributed by atoms with van der Waals surface area (Å²) in [6.45, 7) is 9.04. The van der Waals surface area contributed by atoms with Crippen molar-refractivity contribution >= 4 is 46.2 Å². The van der Waals surface area contributed by atoms with Crippen molar-refractivity contribution in [1.82, 2.24) is 0 Å². The molecule has 2 N–H and O–H groups in total. The van der Waals surface area contributed by atoms with E-state index in [1.54, 1.807) is 45.0 Å². The van der Waals surface area contributed by atoms with Crippen molar-refractivity contribution in [3.8, 4) is 0 Å². The lowest BCUT2D eigenvalue weighted by Crippen LogP contribution is -2.26. The second kappa shape index (κ2) is 15.1. The fraction of sp³-hybridized carbons (Fsp3) is 0.412. The van der Waals surface area contributed by atoms with E-state index in [0.717, 1.165) is 0 Å². The number of ketones is 4. The lowest BCUT2D eigenvalue weighted by molar-refractivity contribution is -0.148. The van der Waals surface area contributed by atoms with Gasteiger partial charge in [0.25, 0.3) is 0 Å². The van der Waals surface area contributed by atoms with Gasteiger partial charge in [-0.25, -0.2) is 0 Å². The summed E-state index contributed by atoms with van der Waals surface area (Å²) in [5.41, 5.74) is 0.545. The van der Waals surface area contributed by atoms with Crippen LogP contribution in [0.15, 0.2) is 59.7 Å². The molecule has 0 fully saturated rings. The lowest BCUT2D eigenvalue weighted by Gasteiger charge is -2.23. The summed E-state index contributed by atoms with van der Waals surface area (Å²) >= 11 is 0. The predicted molar refractivity (Wildman–Crippen MR) is 160 cm³/mol. The van der Waals surface area contributed by atoms with Crippen LogP contribution in [0.1, 0.15) is 90.7 Å². The van der Waals surface area contributed by atoms with E-state index in [-0.39, 0.29) is 58.3 Å². The first-order chi connectivity index (χ1) is 19.9. The van der Waals surface area contributed by atoms with Gasteiger partial charge in [0.2, 0.25) is 0 Å². The molecule has 42 heavy (non-hydrogen) atoms. The monoisotopic (exact) mass is 576 g/mol. The first-order valence-corrected chi connectivity index (χ1v) is 14.5. The Labute approximate surface area is 246 Å². The smallest absolute Gasteiger partial charge is 0.309 e. The van der Waals surface area contributed by atoms with Crippen molar-refractivity contribution in [2.24, 2.45) is 11.3 Å². The van der Waals surface area contributed by atoms with Gasteiger partial charge in [-0.05, 0) is 87.3 Å². The number of carboxylic acid groups (broad SMARTS) is 2. The molecule has 1 aromatic rings. The fourth-order valence-electron chi connectivity index (χ4n) is 4.87. The van der Waals surface area contributed by atoms with Crippen LogP contribution in [-0.4, -0.2) is 45.3 Å². The molecule has 0 amide bonds. The minimum atomic E-state index is -0.927. The van der Waals surface area contributed by atoms with E-state index in [2.05, 4.69) is 0 Å². The van der Waals surface area contributed by atoms with Crippen molar-refractivity contribution in [3.63, 3.8) is 0 Å². The molecule has 2 unspecified atom stereocenters. The highest BCUT2D eigenvalue weighted by molar-refractivity contribution is 6.40. The zero-order chi connectivity index (χ0) is 31.6. The highest BCUT2D eigenvalue weighted by atomic mass is 16.4. The number of carbonyl (C=O) groups is 6. The average Bonchev–Trinajstić information content (AvgIpc) is 2.96. The Morgan fingerprint density at radius 3 is 1.64 bits per heavy atom. The number of carbonyl (C=O) groups excluding carboxylic acids is 4.